The van der Waals surface area contributed by atoms with Gasteiger partial charge in [0, 0.05) is 18.4 Å². The molecule has 5 rings (SSSR count). The van der Waals surface area contributed by atoms with Crippen LogP contribution >= 0.6 is 11.3 Å². The molecule has 0 unspecified atom stereocenters. The lowest BCUT2D eigenvalue weighted by Crippen LogP contribution is -2.28. The van der Waals surface area contributed by atoms with Gasteiger partial charge in [0.1, 0.15) is 11.6 Å². The van der Waals surface area contributed by atoms with Crippen molar-refractivity contribution in [3.05, 3.63) is 60.9 Å². The molecule has 0 aliphatic heterocycles. The van der Waals surface area contributed by atoms with Crippen molar-refractivity contribution >= 4 is 38.3 Å². The second-order valence-corrected chi connectivity index (χ2v) is 8.65. The van der Waals surface area contributed by atoms with E-state index in [9.17, 15) is 5.11 Å². The van der Waals surface area contributed by atoms with Crippen molar-refractivity contribution < 1.29 is 5.11 Å². The SMILES string of the molecule is O[C@H]1CC[C@H](Nc2cccc(Nc3nc4ccc(-c5ccncc5)cc4s3)n2)CC1. The molecule has 4 aromatic rings. The fourth-order valence-corrected chi connectivity index (χ4v) is 4.74. The Morgan fingerprint density at radius 2 is 1.67 bits per heavy atom. The van der Waals surface area contributed by atoms with Gasteiger partial charge < -0.3 is 15.7 Å². The van der Waals surface area contributed by atoms with Crippen LogP contribution in [0.3, 0.4) is 0 Å². The molecule has 3 heterocycles. The fourth-order valence-electron chi connectivity index (χ4n) is 3.83. The number of hydrogen-bond acceptors (Lipinski definition) is 7. The number of nitrogens with zero attached hydrogens (tertiary/aromatic N) is 3. The highest BCUT2D eigenvalue weighted by Gasteiger charge is 2.19. The second kappa shape index (κ2) is 8.38. The van der Waals surface area contributed by atoms with Gasteiger partial charge in [-0.05, 0) is 73.2 Å². The second-order valence-electron chi connectivity index (χ2n) is 7.62. The molecular weight excluding hydrogens is 394 g/mol. The summed E-state index contributed by atoms with van der Waals surface area (Å²) in [6.07, 6.45) is 7.10. The van der Waals surface area contributed by atoms with Crippen LogP contribution in [0, 0.1) is 0 Å². The van der Waals surface area contributed by atoms with Crippen molar-refractivity contribution in [1.82, 2.24) is 15.0 Å². The normalized spacial score (nSPS) is 19.0. The molecule has 0 bridgehead atoms. The van der Waals surface area contributed by atoms with E-state index in [1.54, 1.807) is 23.7 Å². The van der Waals surface area contributed by atoms with Crippen LogP contribution in [0.5, 0.6) is 0 Å². The van der Waals surface area contributed by atoms with Gasteiger partial charge in [-0.1, -0.05) is 23.5 Å². The van der Waals surface area contributed by atoms with Crippen LogP contribution in [0.15, 0.2) is 60.9 Å². The largest absolute Gasteiger partial charge is 0.393 e. The monoisotopic (exact) mass is 417 g/mol. The Kier molecular flexibility index (Phi) is 5.29. The number of benzene rings is 1. The van der Waals surface area contributed by atoms with E-state index in [1.165, 1.54) is 0 Å². The first-order valence-corrected chi connectivity index (χ1v) is 11.0. The third kappa shape index (κ3) is 4.27. The van der Waals surface area contributed by atoms with E-state index in [1.807, 2.05) is 30.3 Å². The summed E-state index contributed by atoms with van der Waals surface area (Å²) in [4.78, 5) is 13.5. The minimum absolute atomic E-state index is 0.151. The lowest BCUT2D eigenvalue weighted by molar-refractivity contribution is 0.126. The Labute approximate surface area is 179 Å². The van der Waals surface area contributed by atoms with Gasteiger partial charge in [0.05, 0.1) is 16.3 Å². The van der Waals surface area contributed by atoms with Gasteiger partial charge in [0.25, 0.3) is 0 Å². The molecule has 3 aromatic heterocycles. The smallest absolute Gasteiger partial charge is 0.189 e. The number of aromatic nitrogens is 3. The molecular formula is C23H23N5OS. The molecule has 0 spiro atoms. The van der Waals surface area contributed by atoms with Crippen LogP contribution in [-0.2, 0) is 0 Å². The molecule has 3 N–H and O–H groups in total. The minimum atomic E-state index is -0.151. The van der Waals surface area contributed by atoms with Crippen molar-refractivity contribution in [2.45, 2.75) is 37.8 Å². The molecule has 7 heteroatoms. The van der Waals surface area contributed by atoms with Crippen LogP contribution in [0.25, 0.3) is 21.3 Å². The molecule has 30 heavy (non-hydrogen) atoms. The van der Waals surface area contributed by atoms with Gasteiger partial charge in [-0.25, -0.2) is 9.97 Å². The summed E-state index contributed by atoms with van der Waals surface area (Å²) in [6, 6.07) is 16.6. The number of fused-ring (bicyclic) bond motifs is 1. The summed E-state index contributed by atoms with van der Waals surface area (Å²) in [6.45, 7) is 0. The van der Waals surface area contributed by atoms with Crippen molar-refractivity contribution in [3.63, 3.8) is 0 Å². The Hall–Kier alpha value is -3.03. The van der Waals surface area contributed by atoms with E-state index in [0.29, 0.717) is 6.04 Å². The van der Waals surface area contributed by atoms with E-state index in [4.69, 9.17) is 9.97 Å². The zero-order valence-corrected chi connectivity index (χ0v) is 17.3. The summed E-state index contributed by atoms with van der Waals surface area (Å²) in [7, 11) is 0. The van der Waals surface area contributed by atoms with Gasteiger partial charge in [-0.3, -0.25) is 4.98 Å². The average Bonchev–Trinajstić information content (AvgIpc) is 3.17. The van der Waals surface area contributed by atoms with E-state index in [2.05, 4.69) is 33.8 Å². The summed E-state index contributed by atoms with van der Waals surface area (Å²) < 4.78 is 1.13. The predicted octanol–water partition coefficient (Wildman–Crippen LogP) is 5.21. The standard InChI is InChI=1S/C23H23N5OS/c29-18-7-5-17(6-8-18)25-21-2-1-3-22(27-21)28-23-26-19-9-4-16(14-20(19)30-23)15-10-12-24-13-11-15/h1-4,9-14,17-18,29H,5-8H2,(H2,25,26,27,28)/t17-,18-. The molecule has 1 saturated carbocycles. The molecule has 1 aliphatic carbocycles. The topological polar surface area (TPSA) is 83.0 Å². The quantitative estimate of drug-likeness (QED) is 0.413. The molecule has 1 aliphatic rings. The zero-order valence-electron chi connectivity index (χ0n) is 16.5. The van der Waals surface area contributed by atoms with E-state index in [-0.39, 0.29) is 6.10 Å². The molecule has 152 valence electrons. The van der Waals surface area contributed by atoms with Crippen LogP contribution in [0.1, 0.15) is 25.7 Å². The average molecular weight is 418 g/mol. The van der Waals surface area contributed by atoms with Crippen LogP contribution in [-0.4, -0.2) is 32.2 Å². The predicted molar refractivity (Wildman–Crippen MR) is 122 cm³/mol. The molecule has 0 atom stereocenters. The maximum atomic E-state index is 9.68. The van der Waals surface area contributed by atoms with Crippen molar-refractivity contribution in [2.75, 3.05) is 10.6 Å². The molecule has 1 aromatic carbocycles. The van der Waals surface area contributed by atoms with Gasteiger partial charge >= 0.3 is 0 Å². The van der Waals surface area contributed by atoms with Gasteiger partial charge in [0.2, 0.25) is 0 Å². The zero-order chi connectivity index (χ0) is 20.3. The Balaban J connectivity index is 1.32. The highest BCUT2D eigenvalue weighted by Crippen LogP contribution is 2.32. The van der Waals surface area contributed by atoms with E-state index < -0.39 is 0 Å². The number of pyridine rings is 2. The van der Waals surface area contributed by atoms with Gasteiger partial charge in [-0.2, -0.15) is 0 Å². The maximum absolute atomic E-state index is 9.68. The Morgan fingerprint density at radius 3 is 2.50 bits per heavy atom. The number of aliphatic hydroxyl groups is 1. The van der Waals surface area contributed by atoms with Crippen molar-refractivity contribution in [1.29, 1.82) is 0 Å². The molecule has 0 radical (unpaired) electrons. The summed E-state index contributed by atoms with van der Waals surface area (Å²) in [5, 5.41) is 17.3. The summed E-state index contributed by atoms with van der Waals surface area (Å²) in [5.41, 5.74) is 3.27. The molecule has 0 saturated heterocycles. The number of hydrogen-bond donors (Lipinski definition) is 3. The Morgan fingerprint density at radius 1 is 0.867 bits per heavy atom. The number of anilines is 3. The molecule has 1 fully saturated rings. The maximum Gasteiger partial charge on any atom is 0.189 e. The third-order valence-corrected chi connectivity index (χ3v) is 6.37. The number of thiazole rings is 1. The Bertz CT molecular complexity index is 1140. The van der Waals surface area contributed by atoms with Gasteiger partial charge in [-0.15, -0.1) is 0 Å². The van der Waals surface area contributed by atoms with E-state index >= 15 is 0 Å². The third-order valence-electron chi connectivity index (χ3n) is 5.43. The number of nitrogens with one attached hydrogen (secondary N) is 2. The highest BCUT2D eigenvalue weighted by molar-refractivity contribution is 7.22. The fraction of sp³-hybridized carbons (Fsp3) is 0.261. The molecule has 6 nitrogen and oxygen atoms in total. The molecule has 0 amide bonds. The lowest BCUT2D eigenvalue weighted by Gasteiger charge is -2.26. The van der Waals surface area contributed by atoms with Crippen LogP contribution < -0.4 is 10.6 Å². The van der Waals surface area contributed by atoms with Crippen molar-refractivity contribution in [2.24, 2.45) is 0 Å². The summed E-state index contributed by atoms with van der Waals surface area (Å²) >= 11 is 1.62. The highest BCUT2D eigenvalue weighted by atomic mass is 32.1. The first kappa shape index (κ1) is 19.0. The van der Waals surface area contributed by atoms with Gasteiger partial charge in [0.15, 0.2) is 5.13 Å². The van der Waals surface area contributed by atoms with Crippen LogP contribution in [0.2, 0.25) is 0 Å². The number of rotatable bonds is 5. The van der Waals surface area contributed by atoms with E-state index in [0.717, 1.165) is 63.8 Å². The summed E-state index contributed by atoms with van der Waals surface area (Å²) in [5.74, 6) is 1.62. The lowest BCUT2D eigenvalue weighted by atomic mass is 9.93. The first-order chi connectivity index (χ1) is 14.7. The van der Waals surface area contributed by atoms with Crippen molar-refractivity contribution in [3.8, 4) is 11.1 Å². The minimum Gasteiger partial charge on any atom is -0.393 e. The van der Waals surface area contributed by atoms with Crippen LogP contribution in [0.4, 0.5) is 16.8 Å². The number of aliphatic hydroxyl groups excluding tert-OH is 1. The first-order valence-electron chi connectivity index (χ1n) is 10.2.